The first-order chi connectivity index (χ1) is 8.61. The normalized spacial score (nSPS) is 12.4. The number of nitrogens with two attached hydrogens (primary N) is 1. The van der Waals surface area contributed by atoms with E-state index < -0.39 is 11.9 Å². The maximum absolute atomic E-state index is 13.9. The highest BCUT2D eigenvalue weighted by Gasteiger charge is 2.17. The van der Waals surface area contributed by atoms with Crippen LogP contribution >= 0.6 is 27.5 Å². The number of benzene rings is 1. The Morgan fingerprint density at radius 1 is 1.33 bits per heavy atom. The van der Waals surface area contributed by atoms with Gasteiger partial charge in [0.15, 0.2) is 0 Å². The fourth-order valence-electron chi connectivity index (χ4n) is 1.69. The van der Waals surface area contributed by atoms with Crippen molar-refractivity contribution in [3.05, 3.63) is 63.1 Å². The monoisotopic (exact) mass is 329 g/mol. The maximum Gasteiger partial charge on any atom is 0.129 e. The lowest BCUT2D eigenvalue weighted by molar-refractivity contribution is 0.559. The van der Waals surface area contributed by atoms with Crippen molar-refractivity contribution < 1.29 is 4.39 Å². The summed E-state index contributed by atoms with van der Waals surface area (Å²) in [5, 5.41) is 0.347. The second-order valence-corrected chi connectivity index (χ2v) is 5.05. The molecule has 0 aliphatic carbocycles. The van der Waals surface area contributed by atoms with Gasteiger partial charge in [-0.2, -0.15) is 0 Å². The Morgan fingerprint density at radius 3 is 2.72 bits per heavy atom. The molecular weight excluding hydrogens is 321 g/mol. The van der Waals surface area contributed by atoms with Gasteiger partial charge in [-0.3, -0.25) is 10.8 Å². The Kier molecular flexibility index (Phi) is 4.29. The third-order valence-electron chi connectivity index (χ3n) is 2.50. The lowest BCUT2D eigenvalue weighted by Gasteiger charge is -2.17. The molecule has 6 heteroatoms. The van der Waals surface area contributed by atoms with Crippen LogP contribution in [0.1, 0.15) is 17.2 Å². The van der Waals surface area contributed by atoms with E-state index in [9.17, 15) is 4.39 Å². The van der Waals surface area contributed by atoms with Crippen molar-refractivity contribution in [2.24, 2.45) is 5.84 Å². The molecule has 1 atom stereocenters. The van der Waals surface area contributed by atoms with Crippen LogP contribution in [0.4, 0.5) is 4.39 Å². The van der Waals surface area contributed by atoms with E-state index in [-0.39, 0.29) is 0 Å². The van der Waals surface area contributed by atoms with E-state index in [1.165, 1.54) is 6.07 Å². The summed E-state index contributed by atoms with van der Waals surface area (Å²) in [7, 11) is 0. The van der Waals surface area contributed by atoms with Crippen LogP contribution in [0.15, 0.2) is 41.1 Å². The molecule has 94 valence electrons. The molecule has 0 saturated heterocycles. The third-order valence-corrected chi connectivity index (χ3v) is 3.17. The molecule has 0 radical (unpaired) electrons. The van der Waals surface area contributed by atoms with Crippen molar-refractivity contribution in [3.63, 3.8) is 0 Å². The molecule has 1 aromatic heterocycles. The summed E-state index contributed by atoms with van der Waals surface area (Å²) < 4.78 is 14.7. The largest absolute Gasteiger partial charge is 0.271 e. The summed E-state index contributed by atoms with van der Waals surface area (Å²) >= 11 is 9.04. The van der Waals surface area contributed by atoms with Gasteiger partial charge in [0.2, 0.25) is 0 Å². The average molecular weight is 331 g/mol. The zero-order valence-electron chi connectivity index (χ0n) is 9.20. The van der Waals surface area contributed by atoms with Crippen LogP contribution in [0.3, 0.4) is 0 Å². The van der Waals surface area contributed by atoms with E-state index in [1.54, 1.807) is 24.5 Å². The van der Waals surface area contributed by atoms with Crippen molar-refractivity contribution in [2.75, 3.05) is 0 Å². The fourth-order valence-corrected chi connectivity index (χ4v) is 2.23. The number of nitrogens with one attached hydrogen (secondary N) is 1. The molecule has 3 N–H and O–H groups in total. The smallest absolute Gasteiger partial charge is 0.129 e. The molecular formula is C12H10BrClFN3. The van der Waals surface area contributed by atoms with Gasteiger partial charge in [-0.25, -0.2) is 9.82 Å². The molecule has 3 nitrogen and oxygen atoms in total. The second-order valence-electron chi connectivity index (χ2n) is 3.70. The van der Waals surface area contributed by atoms with Crippen LogP contribution in [0.5, 0.6) is 0 Å². The lowest BCUT2D eigenvalue weighted by atomic mass is 10.0. The number of hydrogen-bond acceptors (Lipinski definition) is 3. The molecule has 1 unspecified atom stereocenters. The molecule has 2 rings (SSSR count). The molecule has 0 aliphatic rings. The van der Waals surface area contributed by atoms with Crippen molar-refractivity contribution in [3.8, 4) is 0 Å². The SMILES string of the molecule is NNC(c1cncc(Br)c1)c1ccc(Cl)cc1F. The average Bonchev–Trinajstić information content (AvgIpc) is 2.33. The van der Waals surface area contributed by atoms with Crippen LogP contribution in [0, 0.1) is 5.82 Å². The fraction of sp³-hybridized carbons (Fsp3) is 0.0833. The van der Waals surface area contributed by atoms with Crippen molar-refractivity contribution in [1.82, 2.24) is 10.4 Å². The summed E-state index contributed by atoms with van der Waals surface area (Å²) in [6, 6.07) is 5.82. The van der Waals surface area contributed by atoms with Crippen LogP contribution in [0.2, 0.25) is 5.02 Å². The minimum absolute atomic E-state index is 0.347. The van der Waals surface area contributed by atoms with E-state index in [4.69, 9.17) is 17.4 Å². The molecule has 0 bridgehead atoms. The number of aromatic nitrogens is 1. The van der Waals surface area contributed by atoms with E-state index in [0.29, 0.717) is 10.6 Å². The summed E-state index contributed by atoms with van der Waals surface area (Å²) in [5.41, 5.74) is 3.75. The van der Waals surface area contributed by atoms with E-state index >= 15 is 0 Å². The third kappa shape index (κ3) is 2.87. The Hall–Kier alpha value is -1.01. The second kappa shape index (κ2) is 5.75. The Labute approximate surface area is 117 Å². The Bertz CT molecular complexity index is 565. The van der Waals surface area contributed by atoms with Gasteiger partial charge in [-0.05, 0) is 39.7 Å². The van der Waals surface area contributed by atoms with Gasteiger partial charge in [-0.15, -0.1) is 0 Å². The predicted molar refractivity (Wildman–Crippen MR) is 72.5 cm³/mol. The van der Waals surface area contributed by atoms with Gasteiger partial charge in [0, 0.05) is 27.5 Å². The number of halogens is 3. The topological polar surface area (TPSA) is 50.9 Å². The summed E-state index contributed by atoms with van der Waals surface area (Å²) in [5.74, 6) is 5.09. The highest BCUT2D eigenvalue weighted by molar-refractivity contribution is 9.10. The number of nitrogens with zero attached hydrogens (tertiary/aromatic N) is 1. The first-order valence-electron chi connectivity index (χ1n) is 5.13. The van der Waals surface area contributed by atoms with Crippen molar-refractivity contribution >= 4 is 27.5 Å². The van der Waals surface area contributed by atoms with Gasteiger partial charge in [0.25, 0.3) is 0 Å². The Morgan fingerprint density at radius 2 is 2.11 bits per heavy atom. The molecule has 0 fully saturated rings. The molecule has 0 saturated carbocycles. The molecule has 0 aliphatic heterocycles. The van der Waals surface area contributed by atoms with Gasteiger partial charge < -0.3 is 0 Å². The quantitative estimate of drug-likeness (QED) is 0.671. The first-order valence-corrected chi connectivity index (χ1v) is 6.30. The molecule has 1 aromatic carbocycles. The lowest BCUT2D eigenvalue weighted by Crippen LogP contribution is -2.29. The summed E-state index contributed by atoms with van der Waals surface area (Å²) in [4.78, 5) is 4.03. The van der Waals surface area contributed by atoms with Crippen LogP contribution in [-0.4, -0.2) is 4.98 Å². The summed E-state index contributed by atoms with van der Waals surface area (Å²) in [6.45, 7) is 0. The zero-order chi connectivity index (χ0) is 13.1. The van der Waals surface area contributed by atoms with E-state index in [0.717, 1.165) is 10.0 Å². The molecule has 0 amide bonds. The Balaban J connectivity index is 2.45. The molecule has 18 heavy (non-hydrogen) atoms. The highest BCUT2D eigenvalue weighted by Crippen LogP contribution is 2.26. The number of hydrazine groups is 1. The van der Waals surface area contributed by atoms with Crippen molar-refractivity contribution in [2.45, 2.75) is 6.04 Å². The first kappa shape index (κ1) is 13.4. The minimum Gasteiger partial charge on any atom is -0.271 e. The highest BCUT2D eigenvalue weighted by atomic mass is 79.9. The number of pyridine rings is 1. The number of hydrogen-bond donors (Lipinski definition) is 2. The van der Waals surface area contributed by atoms with Crippen molar-refractivity contribution in [1.29, 1.82) is 0 Å². The van der Waals surface area contributed by atoms with Gasteiger partial charge in [-0.1, -0.05) is 17.7 Å². The van der Waals surface area contributed by atoms with Gasteiger partial charge in [0.1, 0.15) is 5.82 Å². The molecule has 0 spiro atoms. The molecule has 1 heterocycles. The van der Waals surface area contributed by atoms with Crippen LogP contribution in [-0.2, 0) is 0 Å². The van der Waals surface area contributed by atoms with E-state index in [2.05, 4.69) is 26.3 Å². The standard InChI is InChI=1S/C12H10BrClFN3/c13-8-3-7(5-17-6-8)12(18-16)10-2-1-9(14)4-11(10)15/h1-6,12,18H,16H2. The predicted octanol–water partition coefficient (Wildman–Crippen LogP) is 3.19. The van der Waals surface area contributed by atoms with E-state index in [1.807, 2.05) is 6.07 Å². The van der Waals surface area contributed by atoms with Gasteiger partial charge >= 0.3 is 0 Å². The maximum atomic E-state index is 13.9. The van der Waals surface area contributed by atoms with Crippen LogP contribution in [0.25, 0.3) is 0 Å². The van der Waals surface area contributed by atoms with Gasteiger partial charge in [0.05, 0.1) is 6.04 Å². The molecule has 2 aromatic rings. The number of rotatable bonds is 3. The summed E-state index contributed by atoms with van der Waals surface area (Å²) in [6.07, 6.45) is 3.28. The zero-order valence-corrected chi connectivity index (χ0v) is 11.5. The minimum atomic E-state index is -0.479. The van der Waals surface area contributed by atoms with Crippen LogP contribution < -0.4 is 11.3 Å².